The van der Waals surface area contributed by atoms with Crippen LogP contribution in [0, 0.1) is 6.92 Å². The van der Waals surface area contributed by atoms with E-state index in [-0.39, 0.29) is 18.4 Å². The SMILES string of the molecule is COc1cccc(C(=O)N/N=C/c2cc(Br)ccc2OCC(=O)Nc2cccc(C)c2)c1. The van der Waals surface area contributed by atoms with Crippen LogP contribution in [0.4, 0.5) is 5.69 Å². The minimum Gasteiger partial charge on any atom is -0.497 e. The largest absolute Gasteiger partial charge is 0.497 e. The molecule has 164 valence electrons. The van der Waals surface area contributed by atoms with E-state index < -0.39 is 0 Å². The summed E-state index contributed by atoms with van der Waals surface area (Å²) in [5.74, 6) is 0.364. The molecule has 7 nitrogen and oxygen atoms in total. The van der Waals surface area contributed by atoms with Crippen molar-refractivity contribution >= 4 is 39.6 Å². The molecule has 0 aromatic heterocycles. The zero-order valence-corrected chi connectivity index (χ0v) is 19.2. The Balaban J connectivity index is 1.62. The van der Waals surface area contributed by atoms with Crippen LogP contribution >= 0.6 is 15.9 Å². The Bertz CT molecular complexity index is 1150. The second-order valence-corrected chi connectivity index (χ2v) is 7.74. The van der Waals surface area contributed by atoms with Crippen LogP contribution in [0.3, 0.4) is 0 Å². The van der Waals surface area contributed by atoms with Crippen LogP contribution < -0.4 is 20.2 Å². The highest BCUT2D eigenvalue weighted by atomic mass is 79.9. The van der Waals surface area contributed by atoms with Crippen molar-refractivity contribution in [2.75, 3.05) is 19.0 Å². The lowest BCUT2D eigenvalue weighted by Gasteiger charge is -2.10. The van der Waals surface area contributed by atoms with Crippen LogP contribution in [-0.2, 0) is 4.79 Å². The highest BCUT2D eigenvalue weighted by Crippen LogP contribution is 2.22. The van der Waals surface area contributed by atoms with Crippen molar-refractivity contribution in [1.82, 2.24) is 5.43 Å². The van der Waals surface area contributed by atoms with E-state index in [0.717, 1.165) is 10.0 Å². The van der Waals surface area contributed by atoms with Crippen molar-refractivity contribution in [2.24, 2.45) is 5.10 Å². The Morgan fingerprint density at radius 3 is 2.66 bits per heavy atom. The number of nitrogens with zero attached hydrogens (tertiary/aromatic N) is 1. The van der Waals surface area contributed by atoms with Crippen molar-refractivity contribution in [3.63, 3.8) is 0 Å². The van der Waals surface area contributed by atoms with E-state index in [0.29, 0.717) is 28.3 Å². The van der Waals surface area contributed by atoms with E-state index in [4.69, 9.17) is 9.47 Å². The normalized spacial score (nSPS) is 10.6. The van der Waals surface area contributed by atoms with Crippen LogP contribution in [0.2, 0.25) is 0 Å². The molecule has 0 saturated heterocycles. The number of amides is 2. The lowest BCUT2D eigenvalue weighted by Crippen LogP contribution is -2.20. The minimum atomic E-state index is -0.379. The molecule has 3 aromatic carbocycles. The van der Waals surface area contributed by atoms with Crippen LogP contribution in [-0.4, -0.2) is 31.7 Å². The zero-order valence-electron chi connectivity index (χ0n) is 17.6. The standard InChI is InChI=1S/C24H22BrN3O4/c1-16-5-3-7-20(11-16)27-23(29)15-32-22-10-9-19(25)12-18(22)14-26-28-24(30)17-6-4-8-21(13-17)31-2/h3-14H,15H2,1-2H3,(H,27,29)(H,28,30)/b26-14+. The topological polar surface area (TPSA) is 89.0 Å². The van der Waals surface area contributed by atoms with Crippen LogP contribution in [0.15, 0.2) is 76.3 Å². The van der Waals surface area contributed by atoms with Gasteiger partial charge in [0.1, 0.15) is 11.5 Å². The van der Waals surface area contributed by atoms with Gasteiger partial charge in [-0.3, -0.25) is 9.59 Å². The van der Waals surface area contributed by atoms with Crippen molar-refractivity contribution in [3.05, 3.63) is 87.9 Å². The maximum atomic E-state index is 12.3. The first kappa shape index (κ1) is 23.0. The van der Waals surface area contributed by atoms with Crippen molar-refractivity contribution < 1.29 is 19.1 Å². The van der Waals surface area contributed by atoms with Gasteiger partial charge >= 0.3 is 0 Å². The van der Waals surface area contributed by atoms with Gasteiger partial charge in [-0.25, -0.2) is 5.43 Å². The van der Waals surface area contributed by atoms with Crippen molar-refractivity contribution in [1.29, 1.82) is 0 Å². The Labute approximate surface area is 194 Å². The smallest absolute Gasteiger partial charge is 0.271 e. The highest BCUT2D eigenvalue weighted by molar-refractivity contribution is 9.10. The third-order valence-corrected chi connectivity index (χ3v) is 4.83. The van der Waals surface area contributed by atoms with Gasteiger partial charge in [-0.05, 0) is 61.0 Å². The number of hydrazone groups is 1. The second-order valence-electron chi connectivity index (χ2n) is 6.82. The quantitative estimate of drug-likeness (QED) is 0.354. The number of halogens is 1. The molecule has 0 atom stereocenters. The lowest BCUT2D eigenvalue weighted by molar-refractivity contribution is -0.118. The first-order valence-corrected chi connectivity index (χ1v) is 10.5. The van der Waals surface area contributed by atoms with Gasteiger partial charge in [0.2, 0.25) is 0 Å². The molecule has 2 amide bonds. The lowest BCUT2D eigenvalue weighted by atomic mass is 10.2. The molecule has 0 saturated carbocycles. The summed E-state index contributed by atoms with van der Waals surface area (Å²) < 4.78 is 11.6. The summed E-state index contributed by atoms with van der Waals surface area (Å²) in [6.45, 7) is 1.78. The van der Waals surface area contributed by atoms with E-state index in [1.165, 1.54) is 13.3 Å². The number of carbonyl (C=O) groups is 2. The van der Waals surface area contributed by atoms with Crippen molar-refractivity contribution in [2.45, 2.75) is 6.92 Å². The number of methoxy groups -OCH3 is 1. The maximum Gasteiger partial charge on any atom is 0.271 e. The molecule has 32 heavy (non-hydrogen) atoms. The second kappa shape index (κ2) is 11.1. The number of rotatable bonds is 8. The van der Waals surface area contributed by atoms with Gasteiger partial charge in [-0.1, -0.05) is 34.1 Å². The summed E-state index contributed by atoms with van der Waals surface area (Å²) in [7, 11) is 1.53. The number of hydrogen-bond acceptors (Lipinski definition) is 5. The summed E-state index contributed by atoms with van der Waals surface area (Å²) in [6, 6.07) is 19.5. The monoisotopic (exact) mass is 495 g/mol. The van der Waals surface area contributed by atoms with Crippen LogP contribution in [0.25, 0.3) is 0 Å². The molecule has 0 aliphatic carbocycles. The number of hydrogen-bond donors (Lipinski definition) is 2. The predicted molar refractivity (Wildman–Crippen MR) is 127 cm³/mol. The predicted octanol–water partition coefficient (Wildman–Crippen LogP) is 4.55. The summed E-state index contributed by atoms with van der Waals surface area (Å²) in [4.78, 5) is 24.5. The molecule has 0 spiro atoms. The van der Waals surface area contributed by atoms with Crippen LogP contribution in [0.1, 0.15) is 21.5 Å². The van der Waals surface area contributed by atoms with E-state index in [2.05, 4.69) is 31.8 Å². The third-order valence-electron chi connectivity index (χ3n) is 4.33. The van der Waals surface area contributed by atoms with Gasteiger partial charge in [0.05, 0.1) is 13.3 Å². The molecule has 0 fully saturated rings. The molecule has 0 unspecified atom stereocenters. The molecule has 0 aliphatic heterocycles. The number of nitrogens with one attached hydrogen (secondary N) is 2. The molecule has 3 aromatic rings. The fraction of sp³-hybridized carbons (Fsp3) is 0.125. The fourth-order valence-corrected chi connectivity index (χ4v) is 3.18. The number of carbonyl (C=O) groups excluding carboxylic acids is 2. The Kier molecular flexibility index (Phi) is 7.99. The first-order valence-electron chi connectivity index (χ1n) is 9.71. The summed E-state index contributed by atoms with van der Waals surface area (Å²) in [5.41, 5.74) is 5.23. The van der Waals surface area contributed by atoms with Gasteiger partial charge in [0.15, 0.2) is 6.61 Å². The number of ether oxygens (including phenoxy) is 2. The molecule has 8 heteroatoms. The zero-order chi connectivity index (χ0) is 22.9. The molecule has 0 aliphatic rings. The van der Waals surface area contributed by atoms with E-state index in [1.807, 2.05) is 31.2 Å². The summed E-state index contributed by atoms with van der Waals surface area (Å²) in [6.07, 6.45) is 1.45. The molecule has 3 rings (SSSR count). The molecule has 2 N–H and O–H groups in total. The highest BCUT2D eigenvalue weighted by Gasteiger charge is 2.09. The summed E-state index contributed by atoms with van der Waals surface area (Å²) >= 11 is 3.40. The third kappa shape index (κ3) is 6.68. The number of aryl methyl sites for hydroxylation is 1. The van der Waals surface area contributed by atoms with Crippen molar-refractivity contribution in [3.8, 4) is 11.5 Å². The average Bonchev–Trinajstić information content (AvgIpc) is 2.78. The maximum absolute atomic E-state index is 12.3. The molecule has 0 bridgehead atoms. The Hall–Kier alpha value is -3.65. The van der Waals surface area contributed by atoms with Gasteiger partial charge in [-0.15, -0.1) is 0 Å². The molecule has 0 heterocycles. The average molecular weight is 496 g/mol. The fourth-order valence-electron chi connectivity index (χ4n) is 2.80. The number of benzene rings is 3. The number of anilines is 1. The molecular weight excluding hydrogens is 474 g/mol. The van der Waals surface area contributed by atoms with Gasteiger partial charge in [0.25, 0.3) is 11.8 Å². The molecule has 0 radical (unpaired) electrons. The molecular formula is C24H22BrN3O4. The van der Waals surface area contributed by atoms with E-state index in [1.54, 1.807) is 42.5 Å². The Morgan fingerprint density at radius 1 is 1.06 bits per heavy atom. The van der Waals surface area contributed by atoms with Crippen LogP contribution in [0.5, 0.6) is 11.5 Å². The summed E-state index contributed by atoms with van der Waals surface area (Å²) in [5, 5.41) is 6.81. The Morgan fingerprint density at radius 2 is 1.88 bits per heavy atom. The van der Waals surface area contributed by atoms with E-state index >= 15 is 0 Å². The van der Waals surface area contributed by atoms with E-state index in [9.17, 15) is 9.59 Å². The van der Waals surface area contributed by atoms with Gasteiger partial charge in [0, 0.05) is 21.3 Å². The first-order chi connectivity index (χ1) is 15.4. The van der Waals surface area contributed by atoms with Gasteiger partial charge < -0.3 is 14.8 Å². The minimum absolute atomic E-state index is 0.174. The van der Waals surface area contributed by atoms with Gasteiger partial charge in [-0.2, -0.15) is 5.10 Å².